The zero-order chi connectivity index (χ0) is 20.8. The molecule has 1 fully saturated rings. The van der Waals surface area contributed by atoms with Crippen molar-refractivity contribution in [2.75, 3.05) is 46.2 Å². The molecule has 8 heteroatoms. The van der Waals surface area contributed by atoms with Crippen molar-refractivity contribution in [2.24, 2.45) is 10.9 Å². The number of benzene rings is 1. The molecule has 0 bridgehead atoms. The van der Waals surface area contributed by atoms with Crippen LogP contribution in [0.4, 0.5) is 0 Å². The van der Waals surface area contributed by atoms with E-state index in [1.54, 1.807) is 19.2 Å². The van der Waals surface area contributed by atoms with Gasteiger partial charge in [0.1, 0.15) is 0 Å². The molecule has 0 atom stereocenters. The molecule has 1 saturated carbocycles. The number of hydrogen-bond donors (Lipinski definition) is 1. The molecule has 1 aliphatic carbocycles. The van der Waals surface area contributed by atoms with E-state index in [0.717, 1.165) is 18.1 Å². The third-order valence-electron chi connectivity index (χ3n) is 4.93. The van der Waals surface area contributed by atoms with Gasteiger partial charge in [-0.25, -0.2) is 8.42 Å². The minimum atomic E-state index is -3.34. The number of sulfone groups is 1. The van der Waals surface area contributed by atoms with Crippen molar-refractivity contribution < 1.29 is 13.2 Å². The van der Waals surface area contributed by atoms with E-state index in [1.807, 2.05) is 24.1 Å². The van der Waals surface area contributed by atoms with Gasteiger partial charge in [-0.1, -0.05) is 32.9 Å². The number of ether oxygens (including phenoxy) is 1. The van der Waals surface area contributed by atoms with Gasteiger partial charge in [0.2, 0.25) is 0 Å². The van der Waals surface area contributed by atoms with Gasteiger partial charge in [-0.3, -0.25) is 4.99 Å². The number of halogens is 1. The average molecular weight is 538 g/mol. The summed E-state index contributed by atoms with van der Waals surface area (Å²) in [6.45, 7) is 8.84. The van der Waals surface area contributed by atoms with E-state index in [9.17, 15) is 8.42 Å². The van der Waals surface area contributed by atoms with Crippen LogP contribution in [0.1, 0.15) is 39.2 Å². The molecule has 0 saturated heterocycles. The fraction of sp³-hybridized carbons (Fsp3) is 0.667. The van der Waals surface area contributed by atoms with Crippen molar-refractivity contribution in [3.63, 3.8) is 0 Å². The van der Waals surface area contributed by atoms with Crippen molar-refractivity contribution in [3.05, 3.63) is 29.8 Å². The summed E-state index contributed by atoms with van der Waals surface area (Å²) in [6, 6.07) is 7.20. The molecule has 0 heterocycles. The number of rotatable bonds is 9. The highest BCUT2D eigenvalue weighted by Crippen LogP contribution is 2.28. The first kappa shape index (κ1) is 26.2. The topological polar surface area (TPSA) is 71.0 Å². The number of nitrogens with zero attached hydrogens (tertiary/aromatic N) is 2. The number of guanidine groups is 1. The van der Waals surface area contributed by atoms with Gasteiger partial charge in [-0.2, -0.15) is 0 Å². The Labute approximate surface area is 193 Å². The summed E-state index contributed by atoms with van der Waals surface area (Å²) < 4.78 is 30.9. The molecular formula is C21H36IN3O3S. The summed E-state index contributed by atoms with van der Waals surface area (Å²) in [5.74, 6) is 1.45. The summed E-state index contributed by atoms with van der Waals surface area (Å²) in [4.78, 5) is 6.54. The van der Waals surface area contributed by atoms with Crippen LogP contribution < -0.4 is 5.32 Å². The van der Waals surface area contributed by atoms with Crippen LogP contribution in [-0.4, -0.2) is 65.4 Å². The molecule has 0 radical (unpaired) electrons. The molecule has 1 aromatic rings. The van der Waals surface area contributed by atoms with Crippen LogP contribution in [0.5, 0.6) is 0 Å². The lowest BCUT2D eigenvalue weighted by Crippen LogP contribution is -2.42. The largest absolute Gasteiger partial charge is 0.379 e. The molecule has 1 N–H and O–H groups in total. The van der Waals surface area contributed by atoms with Crippen molar-refractivity contribution in [1.29, 1.82) is 0 Å². The SMILES string of the molecule is CN=C(NCCS(=O)(=O)c1ccc(C(C)(C)C)cc1)N(C)CCOCC1CC1.I. The monoisotopic (exact) mass is 537 g/mol. The summed E-state index contributed by atoms with van der Waals surface area (Å²) in [5, 5.41) is 3.13. The number of nitrogens with one attached hydrogen (secondary N) is 1. The Bertz CT molecular complexity index is 754. The highest BCUT2D eigenvalue weighted by molar-refractivity contribution is 14.0. The van der Waals surface area contributed by atoms with E-state index in [0.29, 0.717) is 30.6 Å². The van der Waals surface area contributed by atoms with Gasteiger partial charge in [0.25, 0.3) is 0 Å². The van der Waals surface area contributed by atoms with E-state index < -0.39 is 9.84 Å². The van der Waals surface area contributed by atoms with Gasteiger partial charge >= 0.3 is 0 Å². The second kappa shape index (κ2) is 11.5. The maximum Gasteiger partial charge on any atom is 0.193 e. The fourth-order valence-electron chi connectivity index (χ4n) is 2.80. The second-order valence-corrected chi connectivity index (χ2v) is 10.6. The lowest BCUT2D eigenvalue weighted by atomic mass is 9.87. The van der Waals surface area contributed by atoms with E-state index in [2.05, 4.69) is 31.1 Å². The Morgan fingerprint density at radius 3 is 2.38 bits per heavy atom. The fourth-order valence-corrected chi connectivity index (χ4v) is 3.96. The summed E-state index contributed by atoms with van der Waals surface area (Å²) >= 11 is 0. The molecule has 1 aromatic carbocycles. The first-order valence-electron chi connectivity index (χ1n) is 9.96. The molecule has 0 unspecified atom stereocenters. The van der Waals surface area contributed by atoms with Gasteiger partial charge < -0.3 is 15.0 Å². The third-order valence-corrected chi connectivity index (χ3v) is 6.66. The van der Waals surface area contributed by atoms with Gasteiger partial charge in [0.15, 0.2) is 15.8 Å². The van der Waals surface area contributed by atoms with Crippen LogP contribution in [0.25, 0.3) is 0 Å². The molecule has 166 valence electrons. The van der Waals surface area contributed by atoms with E-state index in [4.69, 9.17) is 4.74 Å². The highest BCUT2D eigenvalue weighted by Gasteiger charge is 2.21. The minimum absolute atomic E-state index is 0. The van der Waals surface area contributed by atoms with Crippen LogP contribution in [0.15, 0.2) is 34.2 Å². The normalized spacial score (nSPS) is 15.0. The molecule has 29 heavy (non-hydrogen) atoms. The lowest BCUT2D eigenvalue weighted by Gasteiger charge is -2.22. The predicted molar refractivity (Wildman–Crippen MR) is 130 cm³/mol. The van der Waals surface area contributed by atoms with E-state index >= 15 is 0 Å². The van der Waals surface area contributed by atoms with Gasteiger partial charge in [0.05, 0.1) is 17.3 Å². The molecule has 1 aliphatic rings. The smallest absolute Gasteiger partial charge is 0.193 e. The Balaban J connectivity index is 0.00000420. The molecule has 0 aromatic heterocycles. The summed E-state index contributed by atoms with van der Waals surface area (Å²) in [6.07, 6.45) is 2.57. The molecule has 0 aliphatic heterocycles. The number of likely N-dealkylation sites (N-methyl/N-ethyl adjacent to an activating group) is 1. The van der Waals surface area contributed by atoms with Gasteiger partial charge in [-0.15, -0.1) is 24.0 Å². The summed E-state index contributed by atoms with van der Waals surface area (Å²) in [5.41, 5.74) is 1.12. The first-order chi connectivity index (χ1) is 13.1. The van der Waals surface area contributed by atoms with Crippen LogP contribution in [0.3, 0.4) is 0 Å². The molecule has 2 rings (SSSR count). The Morgan fingerprint density at radius 2 is 1.86 bits per heavy atom. The van der Waals surface area contributed by atoms with Crippen molar-refractivity contribution >= 4 is 39.8 Å². The Morgan fingerprint density at radius 1 is 1.24 bits per heavy atom. The maximum atomic E-state index is 12.6. The standard InChI is InChI=1S/C21H35N3O3S.HI/c1-21(2,3)18-8-10-19(11-9-18)28(25,26)15-12-23-20(22-4)24(5)13-14-27-16-17-6-7-17;/h8-11,17H,6-7,12-16H2,1-5H3,(H,22,23);1H. The van der Waals surface area contributed by atoms with Crippen LogP contribution in [0, 0.1) is 5.92 Å². The molecular weight excluding hydrogens is 501 g/mol. The highest BCUT2D eigenvalue weighted by atomic mass is 127. The van der Waals surface area contributed by atoms with Crippen molar-refractivity contribution in [3.8, 4) is 0 Å². The van der Waals surface area contributed by atoms with Crippen molar-refractivity contribution in [1.82, 2.24) is 10.2 Å². The van der Waals surface area contributed by atoms with Gasteiger partial charge in [-0.05, 0) is 41.9 Å². The number of hydrogen-bond acceptors (Lipinski definition) is 4. The zero-order valence-electron chi connectivity index (χ0n) is 18.3. The third kappa shape index (κ3) is 8.80. The molecule has 6 nitrogen and oxygen atoms in total. The van der Waals surface area contributed by atoms with Crippen LogP contribution in [0.2, 0.25) is 0 Å². The predicted octanol–water partition coefficient (Wildman–Crippen LogP) is 3.31. The van der Waals surface area contributed by atoms with E-state index in [-0.39, 0.29) is 35.1 Å². The number of aliphatic imine (C=N–C) groups is 1. The summed E-state index contributed by atoms with van der Waals surface area (Å²) in [7, 11) is 0.288. The first-order valence-corrected chi connectivity index (χ1v) is 11.6. The quantitative estimate of drug-likeness (QED) is 0.227. The van der Waals surface area contributed by atoms with E-state index in [1.165, 1.54) is 12.8 Å². The Hall–Kier alpha value is -0.870. The lowest BCUT2D eigenvalue weighted by molar-refractivity contribution is 0.115. The maximum absolute atomic E-state index is 12.6. The van der Waals surface area contributed by atoms with Crippen molar-refractivity contribution in [2.45, 2.75) is 43.9 Å². The van der Waals surface area contributed by atoms with Crippen LogP contribution >= 0.6 is 24.0 Å². The van der Waals surface area contributed by atoms with Gasteiger partial charge in [0, 0.05) is 33.8 Å². The second-order valence-electron chi connectivity index (χ2n) is 8.51. The van der Waals surface area contributed by atoms with Crippen LogP contribution in [-0.2, 0) is 20.0 Å². The Kier molecular flexibility index (Phi) is 10.4. The molecule has 0 spiro atoms. The zero-order valence-corrected chi connectivity index (χ0v) is 21.4. The molecule has 0 amide bonds. The average Bonchev–Trinajstić information content (AvgIpc) is 3.46. The minimum Gasteiger partial charge on any atom is -0.379 e.